The SMILES string of the molecule is CCOCCN(CCOCC)c1ccc(C(C)O)cc1Cl. The fraction of sp³-hybridized carbons (Fsp3) is 0.625. The lowest BCUT2D eigenvalue weighted by molar-refractivity contribution is 0.141. The fourth-order valence-corrected chi connectivity index (χ4v) is 2.34. The molecule has 0 aliphatic carbocycles. The lowest BCUT2D eigenvalue weighted by atomic mass is 10.1. The third-order valence-corrected chi connectivity index (χ3v) is 3.52. The zero-order chi connectivity index (χ0) is 15.7. The maximum Gasteiger partial charge on any atom is 0.0762 e. The van der Waals surface area contributed by atoms with Crippen molar-refractivity contribution in [3.8, 4) is 0 Å². The molecule has 5 heteroatoms. The van der Waals surface area contributed by atoms with Gasteiger partial charge in [-0.3, -0.25) is 0 Å². The minimum absolute atomic E-state index is 0.517. The van der Waals surface area contributed by atoms with E-state index in [2.05, 4.69) is 4.90 Å². The summed E-state index contributed by atoms with van der Waals surface area (Å²) in [5.41, 5.74) is 1.76. The van der Waals surface area contributed by atoms with Gasteiger partial charge in [0, 0.05) is 26.3 Å². The normalized spacial score (nSPS) is 12.4. The van der Waals surface area contributed by atoms with Crippen LogP contribution in [-0.4, -0.2) is 44.6 Å². The molecule has 0 heterocycles. The monoisotopic (exact) mass is 315 g/mol. The average Bonchev–Trinajstić information content (AvgIpc) is 2.46. The van der Waals surface area contributed by atoms with Crippen molar-refractivity contribution in [2.45, 2.75) is 26.9 Å². The summed E-state index contributed by atoms with van der Waals surface area (Å²) in [6.07, 6.45) is -0.517. The largest absolute Gasteiger partial charge is 0.389 e. The van der Waals surface area contributed by atoms with Crippen LogP contribution in [0.5, 0.6) is 0 Å². The maximum absolute atomic E-state index is 9.61. The van der Waals surface area contributed by atoms with Crippen molar-refractivity contribution in [3.63, 3.8) is 0 Å². The molecule has 0 saturated carbocycles. The summed E-state index contributed by atoms with van der Waals surface area (Å²) in [5.74, 6) is 0. The van der Waals surface area contributed by atoms with Crippen LogP contribution in [0, 0.1) is 0 Å². The Kier molecular flexibility index (Phi) is 8.69. The summed E-state index contributed by atoms with van der Waals surface area (Å²) in [5, 5.41) is 10.3. The second-order valence-corrected chi connectivity index (χ2v) is 5.17. The molecule has 1 aromatic rings. The minimum Gasteiger partial charge on any atom is -0.389 e. The molecule has 1 unspecified atom stereocenters. The second-order valence-electron chi connectivity index (χ2n) is 4.77. The minimum atomic E-state index is -0.517. The first kappa shape index (κ1) is 18.2. The number of benzene rings is 1. The van der Waals surface area contributed by atoms with Crippen molar-refractivity contribution in [2.24, 2.45) is 0 Å². The molecule has 21 heavy (non-hydrogen) atoms. The Hall–Kier alpha value is -0.810. The van der Waals surface area contributed by atoms with Gasteiger partial charge in [0.05, 0.1) is 30.0 Å². The van der Waals surface area contributed by atoms with Gasteiger partial charge in [0.25, 0.3) is 0 Å². The van der Waals surface area contributed by atoms with Crippen LogP contribution >= 0.6 is 11.6 Å². The summed E-state index contributed by atoms with van der Waals surface area (Å²) in [6, 6.07) is 5.67. The fourth-order valence-electron chi connectivity index (χ4n) is 2.03. The van der Waals surface area contributed by atoms with Gasteiger partial charge in [-0.2, -0.15) is 0 Å². The van der Waals surface area contributed by atoms with E-state index < -0.39 is 6.10 Å². The van der Waals surface area contributed by atoms with Crippen LogP contribution in [0.15, 0.2) is 18.2 Å². The molecule has 1 atom stereocenters. The molecule has 0 radical (unpaired) electrons. The Morgan fingerprint density at radius 1 is 1.14 bits per heavy atom. The Morgan fingerprint density at radius 2 is 1.71 bits per heavy atom. The van der Waals surface area contributed by atoms with Crippen molar-refractivity contribution in [1.82, 2.24) is 0 Å². The van der Waals surface area contributed by atoms with Gasteiger partial charge in [0.2, 0.25) is 0 Å². The highest BCUT2D eigenvalue weighted by Gasteiger charge is 2.12. The number of hydrogen-bond acceptors (Lipinski definition) is 4. The molecule has 0 aromatic heterocycles. The molecule has 4 nitrogen and oxygen atoms in total. The van der Waals surface area contributed by atoms with Crippen molar-refractivity contribution in [2.75, 3.05) is 44.4 Å². The zero-order valence-electron chi connectivity index (χ0n) is 13.1. The average molecular weight is 316 g/mol. The van der Waals surface area contributed by atoms with E-state index in [1.165, 1.54) is 0 Å². The Labute approximate surface area is 132 Å². The van der Waals surface area contributed by atoms with Gasteiger partial charge in [0.1, 0.15) is 0 Å². The second kappa shape index (κ2) is 10.0. The lowest BCUT2D eigenvalue weighted by Gasteiger charge is -2.26. The molecule has 0 spiro atoms. The van der Waals surface area contributed by atoms with Crippen LogP contribution in [0.1, 0.15) is 32.4 Å². The standard InChI is InChI=1S/C16H26ClNO3/c1-4-20-10-8-18(9-11-21-5-2)16-7-6-14(13(3)19)12-15(16)17/h6-7,12-13,19H,4-5,8-11H2,1-3H3. The van der Waals surface area contributed by atoms with Crippen LogP contribution in [0.25, 0.3) is 0 Å². The molecule has 0 aliphatic rings. The van der Waals surface area contributed by atoms with E-state index in [0.717, 1.165) is 24.3 Å². The van der Waals surface area contributed by atoms with Crippen molar-refractivity contribution >= 4 is 17.3 Å². The Balaban J connectivity index is 2.79. The van der Waals surface area contributed by atoms with E-state index in [0.29, 0.717) is 31.5 Å². The van der Waals surface area contributed by atoms with E-state index in [4.69, 9.17) is 21.1 Å². The number of aliphatic hydroxyl groups is 1. The van der Waals surface area contributed by atoms with E-state index in [9.17, 15) is 5.11 Å². The first-order valence-electron chi connectivity index (χ1n) is 7.48. The summed E-state index contributed by atoms with van der Waals surface area (Å²) in [6.45, 7) is 9.91. The molecular weight excluding hydrogens is 290 g/mol. The molecule has 0 saturated heterocycles. The lowest BCUT2D eigenvalue weighted by Crippen LogP contribution is -2.31. The number of halogens is 1. The van der Waals surface area contributed by atoms with Gasteiger partial charge in [-0.05, 0) is 38.5 Å². The van der Waals surface area contributed by atoms with Crippen molar-refractivity contribution < 1.29 is 14.6 Å². The van der Waals surface area contributed by atoms with E-state index >= 15 is 0 Å². The van der Waals surface area contributed by atoms with Crippen LogP contribution in [0.2, 0.25) is 5.02 Å². The number of anilines is 1. The van der Waals surface area contributed by atoms with Gasteiger partial charge < -0.3 is 19.5 Å². The molecule has 0 amide bonds. The number of hydrogen-bond donors (Lipinski definition) is 1. The number of nitrogens with zero attached hydrogens (tertiary/aromatic N) is 1. The highest BCUT2D eigenvalue weighted by Crippen LogP contribution is 2.29. The molecule has 1 N–H and O–H groups in total. The summed E-state index contributed by atoms with van der Waals surface area (Å²) in [7, 11) is 0. The van der Waals surface area contributed by atoms with Gasteiger partial charge in [-0.1, -0.05) is 17.7 Å². The summed E-state index contributed by atoms with van der Waals surface area (Å²) in [4.78, 5) is 2.15. The topological polar surface area (TPSA) is 41.9 Å². The number of aliphatic hydroxyl groups excluding tert-OH is 1. The van der Waals surface area contributed by atoms with Gasteiger partial charge in [0.15, 0.2) is 0 Å². The third-order valence-electron chi connectivity index (χ3n) is 3.21. The highest BCUT2D eigenvalue weighted by molar-refractivity contribution is 6.33. The quantitative estimate of drug-likeness (QED) is 0.673. The number of ether oxygens (including phenoxy) is 2. The molecule has 1 rings (SSSR count). The zero-order valence-corrected chi connectivity index (χ0v) is 13.9. The van der Waals surface area contributed by atoms with Gasteiger partial charge in [-0.15, -0.1) is 0 Å². The Morgan fingerprint density at radius 3 is 2.14 bits per heavy atom. The molecule has 0 bridgehead atoms. The molecular formula is C16H26ClNO3. The van der Waals surface area contributed by atoms with Crippen LogP contribution in [-0.2, 0) is 9.47 Å². The van der Waals surface area contributed by atoms with E-state index in [1.54, 1.807) is 6.92 Å². The third kappa shape index (κ3) is 6.22. The molecule has 0 aliphatic heterocycles. The van der Waals surface area contributed by atoms with Crippen LogP contribution in [0.4, 0.5) is 5.69 Å². The summed E-state index contributed by atoms with van der Waals surface area (Å²) < 4.78 is 10.9. The molecule has 1 aromatic carbocycles. The molecule has 0 fully saturated rings. The maximum atomic E-state index is 9.61. The van der Waals surface area contributed by atoms with Crippen LogP contribution < -0.4 is 4.90 Å². The predicted molar refractivity (Wildman–Crippen MR) is 87.3 cm³/mol. The van der Waals surface area contributed by atoms with E-state index in [1.807, 2.05) is 32.0 Å². The van der Waals surface area contributed by atoms with Gasteiger partial charge >= 0.3 is 0 Å². The summed E-state index contributed by atoms with van der Waals surface area (Å²) >= 11 is 6.36. The van der Waals surface area contributed by atoms with Crippen molar-refractivity contribution in [1.29, 1.82) is 0 Å². The van der Waals surface area contributed by atoms with Gasteiger partial charge in [-0.25, -0.2) is 0 Å². The molecule has 120 valence electrons. The first-order valence-corrected chi connectivity index (χ1v) is 7.85. The first-order chi connectivity index (χ1) is 10.1. The number of rotatable bonds is 10. The Bertz CT molecular complexity index is 403. The highest BCUT2D eigenvalue weighted by atomic mass is 35.5. The van der Waals surface area contributed by atoms with E-state index in [-0.39, 0.29) is 0 Å². The van der Waals surface area contributed by atoms with Crippen LogP contribution in [0.3, 0.4) is 0 Å². The predicted octanol–water partition coefficient (Wildman–Crippen LogP) is 3.27. The smallest absolute Gasteiger partial charge is 0.0762 e. The van der Waals surface area contributed by atoms with Crippen molar-refractivity contribution in [3.05, 3.63) is 28.8 Å².